The zero-order valence-corrected chi connectivity index (χ0v) is 9.20. The van der Waals surface area contributed by atoms with Gasteiger partial charge in [-0.15, -0.1) is 5.10 Å². The molecule has 1 amide bonds. The van der Waals surface area contributed by atoms with E-state index in [-0.39, 0.29) is 12.5 Å². The number of anilines is 1. The summed E-state index contributed by atoms with van der Waals surface area (Å²) in [6, 6.07) is 7.06. The Bertz CT molecular complexity index is 480. The third kappa shape index (κ3) is 3.00. The molecule has 0 radical (unpaired) electrons. The Balaban J connectivity index is 1.93. The number of carbonyl (C=O) groups is 1. The number of tetrazole rings is 1. The normalized spacial score (nSPS) is 9.94. The summed E-state index contributed by atoms with van der Waals surface area (Å²) in [6.07, 6.45) is 1.38. The fraction of sp³-hybridized carbons (Fsp3) is 0.200. The number of methoxy groups -OCH3 is 1. The van der Waals surface area contributed by atoms with E-state index in [4.69, 9.17) is 4.74 Å². The highest BCUT2D eigenvalue weighted by molar-refractivity contribution is 5.90. The van der Waals surface area contributed by atoms with E-state index >= 15 is 0 Å². The van der Waals surface area contributed by atoms with E-state index in [0.29, 0.717) is 5.69 Å². The van der Waals surface area contributed by atoms with Crippen molar-refractivity contribution in [3.8, 4) is 5.75 Å². The van der Waals surface area contributed by atoms with Crippen LogP contribution in [0.3, 0.4) is 0 Å². The number of nitrogens with one attached hydrogen (secondary N) is 1. The average molecular weight is 233 g/mol. The van der Waals surface area contributed by atoms with Crippen molar-refractivity contribution in [2.45, 2.75) is 6.54 Å². The molecule has 7 nitrogen and oxygen atoms in total. The van der Waals surface area contributed by atoms with Crippen molar-refractivity contribution in [2.24, 2.45) is 0 Å². The van der Waals surface area contributed by atoms with Crippen molar-refractivity contribution in [1.29, 1.82) is 0 Å². The molecule has 88 valence electrons. The summed E-state index contributed by atoms with van der Waals surface area (Å²) in [7, 11) is 1.59. The second-order valence-electron chi connectivity index (χ2n) is 3.28. The highest BCUT2D eigenvalue weighted by Gasteiger charge is 2.04. The molecule has 2 rings (SSSR count). The Morgan fingerprint density at radius 1 is 1.41 bits per heavy atom. The minimum atomic E-state index is -0.192. The van der Waals surface area contributed by atoms with E-state index in [1.165, 1.54) is 11.0 Å². The van der Waals surface area contributed by atoms with Crippen LogP contribution in [0.4, 0.5) is 5.69 Å². The zero-order valence-electron chi connectivity index (χ0n) is 9.20. The summed E-state index contributed by atoms with van der Waals surface area (Å²) in [5.74, 6) is 0.547. The molecule has 0 bridgehead atoms. The van der Waals surface area contributed by atoms with Crippen LogP contribution in [0.2, 0.25) is 0 Å². The number of hydrogen-bond acceptors (Lipinski definition) is 5. The first kappa shape index (κ1) is 11.1. The molecule has 0 aliphatic carbocycles. The summed E-state index contributed by atoms with van der Waals surface area (Å²) in [6.45, 7) is 0.0824. The Morgan fingerprint density at radius 2 is 2.18 bits per heavy atom. The predicted molar refractivity (Wildman–Crippen MR) is 59.4 cm³/mol. The quantitative estimate of drug-likeness (QED) is 0.822. The highest BCUT2D eigenvalue weighted by atomic mass is 16.5. The third-order valence-electron chi connectivity index (χ3n) is 2.07. The molecular formula is C10H11N5O2. The average Bonchev–Trinajstić information content (AvgIpc) is 2.82. The molecule has 7 heteroatoms. The van der Waals surface area contributed by atoms with Gasteiger partial charge in [-0.05, 0) is 34.7 Å². The lowest BCUT2D eigenvalue weighted by Crippen LogP contribution is -2.19. The molecule has 0 aliphatic rings. The fourth-order valence-electron chi connectivity index (χ4n) is 1.27. The van der Waals surface area contributed by atoms with Crippen molar-refractivity contribution < 1.29 is 9.53 Å². The van der Waals surface area contributed by atoms with Crippen LogP contribution in [0, 0.1) is 0 Å². The molecule has 1 heterocycles. The maximum absolute atomic E-state index is 11.6. The number of carbonyl (C=O) groups excluding carboxylic acids is 1. The minimum Gasteiger partial charge on any atom is -0.497 e. The SMILES string of the molecule is COc1ccc(NC(=O)Cn2cnnn2)cc1. The molecular weight excluding hydrogens is 222 g/mol. The Kier molecular flexibility index (Phi) is 3.29. The molecule has 0 aliphatic heterocycles. The van der Waals surface area contributed by atoms with Crippen molar-refractivity contribution in [1.82, 2.24) is 20.2 Å². The van der Waals surface area contributed by atoms with Gasteiger partial charge in [0.05, 0.1) is 7.11 Å². The first-order valence-electron chi connectivity index (χ1n) is 4.92. The van der Waals surface area contributed by atoms with Crippen molar-refractivity contribution in [3.63, 3.8) is 0 Å². The molecule has 1 aromatic heterocycles. The van der Waals surface area contributed by atoms with Crippen LogP contribution >= 0.6 is 0 Å². The molecule has 2 aromatic rings. The molecule has 1 aromatic carbocycles. The van der Waals surface area contributed by atoms with Crippen LogP contribution in [-0.4, -0.2) is 33.2 Å². The van der Waals surface area contributed by atoms with Crippen LogP contribution < -0.4 is 10.1 Å². The van der Waals surface area contributed by atoms with Gasteiger partial charge < -0.3 is 10.1 Å². The number of rotatable bonds is 4. The second kappa shape index (κ2) is 5.06. The molecule has 0 fully saturated rings. The summed E-state index contributed by atoms with van der Waals surface area (Å²) in [5, 5.41) is 13.2. The van der Waals surface area contributed by atoms with Crippen LogP contribution in [0.25, 0.3) is 0 Å². The fourth-order valence-corrected chi connectivity index (χ4v) is 1.27. The van der Waals surface area contributed by atoms with E-state index in [2.05, 4.69) is 20.8 Å². The predicted octanol–water partition coefficient (Wildman–Crippen LogP) is 0.320. The number of ether oxygens (including phenoxy) is 1. The summed E-state index contributed by atoms with van der Waals surface area (Å²) in [5.41, 5.74) is 0.698. The standard InChI is InChI=1S/C10H11N5O2/c1-17-9-4-2-8(3-5-9)12-10(16)6-15-7-11-13-14-15/h2-5,7H,6H2,1H3,(H,12,16). The van der Waals surface area contributed by atoms with E-state index in [1.54, 1.807) is 31.4 Å². The maximum Gasteiger partial charge on any atom is 0.246 e. The number of amides is 1. The number of nitrogens with zero attached hydrogens (tertiary/aromatic N) is 4. The van der Waals surface area contributed by atoms with Crippen LogP contribution in [-0.2, 0) is 11.3 Å². The lowest BCUT2D eigenvalue weighted by Gasteiger charge is -2.05. The van der Waals surface area contributed by atoms with Gasteiger partial charge in [0, 0.05) is 5.69 Å². The van der Waals surface area contributed by atoms with Gasteiger partial charge in [-0.2, -0.15) is 0 Å². The van der Waals surface area contributed by atoms with Crippen molar-refractivity contribution in [2.75, 3.05) is 12.4 Å². The highest BCUT2D eigenvalue weighted by Crippen LogP contribution is 2.14. The molecule has 0 spiro atoms. The Hall–Kier alpha value is -2.44. The van der Waals surface area contributed by atoms with E-state index in [9.17, 15) is 4.79 Å². The van der Waals surface area contributed by atoms with Gasteiger partial charge in [0.25, 0.3) is 0 Å². The minimum absolute atomic E-state index is 0.0824. The molecule has 0 saturated heterocycles. The van der Waals surface area contributed by atoms with Gasteiger partial charge in [0.2, 0.25) is 5.91 Å². The lowest BCUT2D eigenvalue weighted by molar-refractivity contribution is -0.116. The van der Waals surface area contributed by atoms with Crippen LogP contribution in [0.15, 0.2) is 30.6 Å². The Morgan fingerprint density at radius 3 is 2.76 bits per heavy atom. The van der Waals surface area contributed by atoms with Crippen LogP contribution in [0.1, 0.15) is 0 Å². The second-order valence-corrected chi connectivity index (χ2v) is 3.28. The van der Waals surface area contributed by atoms with Gasteiger partial charge in [-0.25, -0.2) is 4.68 Å². The molecule has 0 saturated carbocycles. The molecule has 0 unspecified atom stereocenters. The van der Waals surface area contributed by atoms with E-state index in [1.807, 2.05) is 0 Å². The topological polar surface area (TPSA) is 81.9 Å². The first-order chi connectivity index (χ1) is 8.28. The monoisotopic (exact) mass is 233 g/mol. The van der Waals surface area contributed by atoms with Crippen molar-refractivity contribution >= 4 is 11.6 Å². The summed E-state index contributed by atoms with van der Waals surface area (Å²) >= 11 is 0. The summed E-state index contributed by atoms with van der Waals surface area (Å²) < 4.78 is 6.36. The molecule has 17 heavy (non-hydrogen) atoms. The number of hydrogen-bond donors (Lipinski definition) is 1. The van der Waals surface area contributed by atoms with Gasteiger partial charge in [0.15, 0.2) is 0 Å². The first-order valence-corrected chi connectivity index (χ1v) is 4.92. The van der Waals surface area contributed by atoms with Crippen molar-refractivity contribution in [3.05, 3.63) is 30.6 Å². The van der Waals surface area contributed by atoms with Crippen LogP contribution in [0.5, 0.6) is 5.75 Å². The van der Waals surface area contributed by atoms with Gasteiger partial charge in [0.1, 0.15) is 18.6 Å². The number of benzene rings is 1. The molecule has 1 N–H and O–H groups in total. The zero-order chi connectivity index (χ0) is 12.1. The smallest absolute Gasteiger partial charge is 0.246 e. The lowest BCUT2D eigenvalue weighted by atomic mass is 10.3. The van der Waals surface area contributed by atoms with Gasteiger partial charge in [-0.3, -0.25) is 4.79 Å². The maximum atomic E-state index is 11.6. The molecule has 0 atom stereocenters. The van der Waals surface area contributed by atoms with E-state index < -0.39 is 0 Å². The largest absolute Gasteiger partial charge is 0.497 e. The summed E-state index contributed by atoms with van der Waals surface area (Å²) in [4.78, 5) is 11.6. The Labute approximate surface area is 97.4 Å². The van der Waals surface area contributed by atoms with Gasteiger partial charge >= 0.3 is 0 Å². The third-order valence-corrected chi connectivity index (χ3v) is 2.07. The van der Waals surface area contributed by atoms with E-state index in [0.717, 1.165) is 5.75 Å². The number of aromatic nitrogens is 4. The van der Waals surface area contributed by atoms with Gasteiger partial charge in [-0.1, -0.05) is 0 Å².